The molecule has 134 valence electrons. The summed E-state index contributed by atoms with van der Waals surface area (Å²) in [5, 5.41) is 19.0. The number of carboxylic acids is 1. The average Bonchev–Trinajstić information content (AvgIpc) is 2.98. The van der Waals surface area contributed by atoms with Crippen LogP contribution in [0, 0.1) is 0 Å². The summed E-state index contributed by atoms with van der Waals surface area (Å²) >= 11 is 0. The van der Waals surface area contributed by atoms with Gasteiger partial charge < -0.3 is 15.1 Å². The summed E-state index contributed by atoms with van der Waals surface area (Å²) in [5.41, 5.74) is 0. The molecule has 2 N–H and O–H groups in total. The van der Waals surface area contributed by atoms with Gasteiger partial charge in [0.1, 0.15) is 11.9 Å². The SMILES string of the molecule is CCCCCCCCCCC(CC(=O)O)N1CCN=C1C(C)O. The number of aliphatic hydroxyl groups excluding tert-OH is 1. The van der Waals surface area contributed by atoms with Crippen LogP contribution in [-0.2, 0) is 4.79 Å². The van der Waals surface area contributed by atoms with Gasteiger partial charge in [0.25, 0.3) is 0 Å². The van der Waals surface area contributed by atoms with Gasteiger partial charge in [-0.3, -0.25) is 9.79 Å². The number of unbranched alkanes of at least 4 members (excludes halogenated alkanes) is 7. The maximum atomic E-state index is 11.1. The van der Waals surface area contributed by atoms with Gasteiger partial charge >= 0.3 is 5.97 Å². The summed E-state index contributed by atoms with van der Waals surface area (Å²) < 4.78 is 0. The summed E-state index contributed by atoms with van der Waals surface area (Å²) in [7, 11) is 0. The molecule has 1 heterocycles. The second-order valence-corrected chi connectivity index (χ2v) is 6.62. The maximum absolute atomic E-state index is 11.1. The summed E-state index contributed by atoms with van der Waals surface area (Å²) in [6, 6.07) is -0.0385. The van der Waals surface area contributed by atoms with Crippen molar-refractivity contribution in [2.45, 2.75) is 90.2 Å². The molecule has 1 rings (SSSR count). The number of aliphatic carboxylic acids is 1. The van der Waals surface area contributed by atoms with E-state index in [4.69, 9.17) is 5.11 Å². The van der Waals surface area contributed by atoms with Gasteiger partial charge in [0, 0.05) is 12.6 Å². The highest BCUT2D eigenvalue weighted by atomic mass is 16.4. The highest BCUT2D eigenvalue weighted by Gasteiger charge is 2.29. The van der Waals surface area contributed by atoms with E-state index in [1.54, 1.807) is 6.92 Å². The van der Waals surface area contributed by atoms with Crippen molar-refractivity contribution in [1.82, 2.24) is 4.90 Å². The first-order valence-electron chi connectivity index (χ1n) is 9.27. The number of nitrogens with zero attached hydrogens (tertiary/aromatic N) is 2. The van der Waals surface area contributed by atoms with E-state index in [9.17, 15) is 9.90 Å². The molecule has 0 aromatic carbocycles. The predicted molar refractivity (Wildman–Crippen MR) is 94.0 cm³/mol. The van der Waals surface area contributed by atoms with E-state index < -0.39 is 12.1 Å². The Hall–Kier alpha value is -1.10. The van der Waals surface area contributed by atoms with Crippen LogP contribution in [0.3, 0.4) is 0 Å². The molecule has 2 unspecified atom stereocenters. The normalized spacial score (nSPS) is 17.2. The lowest BCUT2D eigenvalue weighted by atomic mass is 10.0. The van der Waals surface area contributed by atoms with Crippen LogP contribution in [0.2, 0.25) is 0 Å². The van der Waals surface area contributed by atoms with E-state index in [1.807, 2.05) is 4.90 Å². The van der Waals surface area contributed by atoms with Gasteiger partial charge in [-0.2, -0.15) is 0 Å². The minimum Gasteiger partial charge on any atom is -0.481 e. The molecule has 23 heavy (non-hydrogen) atoms. The number of aliphatic hydroxyl groups is 1. The van der Waals surface area contributed by atoms with Crippen LogP contribution in [-0.4, -0.2) is 52.2 Å². The van der Waals surface area contributed by atoms with Crippen LogP contribution >= 0.6 is 0 Å². The van der Waals surface area contributed by atoms with E-state index in [0.29, 0.717) is 12.4 Å². The van der Waals surface area contributed by atoms with Gasteiger partial charge in [-0.25, -0.2) is 0 Å². The molecule has 0 radical (unpaired) electrons. The van der Waals surface area contributed by atoms with E-state index in [0.717, 1.165) is 25.8 Å². The Bertz CT molecular complexity index is 369. The van der Waals surface area contributed by atoms with Crippen LogP contribution in [0.15, 0.2) is 4.99 Å². The lowest BCUT2D eigenvalue weighted by Crippen LogP contribution is -2.43. The fourth-order valence-corrected chi connectivity index (χ4v) is 3.30. The minimum absolute atomic E-state index is 0.0385. The number of hydrogen-bond donors (Lipinski definition) is 2. The molecule has 2 atom stereocenters. The highest BCUT2D eigenvalue weighted by Crippen LogP contribution is 2.19. The number of rotatable bonds is 13. The van der Waals surface area contributed by atoms with E-state index in [2.05, 4.69) is 11.9 Å². The van der Waals surface area contributed by atoms with Crippen molar-refractivity contribution in [3.8, 4) is 0 Å². The Labute approximate surface area is 140 Å². The lowest BCUT2D eigenvalue weighted by Gasteiger charge is -2.31. The second kappa shape index (κ2) is 11.4. The van der Waals surface area contributed by atoms with Crippen molar-refractivity contribution in [2.24, 2.45) is 4.99 Å². The minimum atomic E-state index is -0.772. The molecular weight excluding hydrogens is 292 g/mol. The number of aliphatic imine (C=N–C) groups is 1. The Morgan fingerprint density at radius 3 is 2.35 bits per heavy atom. The third-order valence-corrected chi connectivity index (χ3v) is 4.52. The molecule has 0 aromatic rings. The third kappa shape index (κ3) is 7.82. The second-order valence-electron chi connectivity index (χ2n) is 6.62. The molecule has 0 saturated heterocycles. The highest BCUT2D eigenvalue weighted by molar-refractivity contribution is 5.88. The van der Waals surface area contributed by atoms with Gasteiger partial charge in [-0.15, -0.1) is 0 Å². The van der Waals surface area contributed by atoms with Crippen molar-refractivity contribution < 1.29 is 15.0 Å². The van der Waals surface area contributed by atoms with Crippen molar-refractivity contribution >= 4 is 11.8 Å². The molecule has 5 nitrogen and oxygen atoms in total. The van der Waals surface area contributed by atoms with Crippen LogP contribution in [0.25, 0.3) is 0 Å². The third-order valence-electron chi connectivity index (χ3n) is 4.52. The Morgan fingerprint density at radius 1 is 1.17 bits per heavy atom. The zero-order valence-corrected chi connectivity index (χ0v) is 14.8. The van der Waals surface area contributed by atoms with Gasteiger partial charge in [-0.1, -0.05) is 58.3 Å². The molecule has 0 amide bonds. The van der Waals surface area contributed by atoms with Crippen LogP contribution < -0.4 is 0 Å². The summed E-state index contributed by atoms with van der Waals surface area (Å²) in [6.07, 6.45) is 10.4. The topological polar surface area (TPSA) is 73.1 Å². The van der Waals surface area contributed by atoms with Crippen LogP contribution in [0.5, 0.6) is 0 Å². The predicted octanol–water partition coefficient (Wildman–Crippen LogP) is 3.46. The fourth-order valence-electron chi connectivity index (χ4n) is 3.30. The summed E-state index contributed by atoms with van der Waals surface area (Å²) in [4.78, 5) is 17.5. The lowest BCUT2D eigenvalue weighted by molar-refractivity contribution is -0.138. The fraction of sp³-hybridized carbons (Fsp3) is 0.889. The molecule has 0 spiro atoms. The number of hydrogen-bond acceptors (Lipinski definition) is 4. The van der Waals surface area contributed by atoms with Crippen molar-refractivity contribution in [1.29, 1.82) is 0 Å². The van der Waals surface area contributed by atoms with Crippen molar-refractivity contribution in [3.63, 3.8) is 0 Å². The molecular formula is C18H34N2O3. The first-order valence-corrected chi connectivity index (χ1v) is 9.27. The molecule has 0 aromatic heterocycles. The zero-order chi connectivity index (χ0) is 17.1. The van der Waals surface area contributed by atoms with Gasteiger partial charge in [0.05, 0.1) is 13.0 Å². The number of carboxylic acid groups (broad SMARTS) is 1. The van der Waals surface area contributed by atoms with E-state index in [-0.39, 0.29) is 12.5 Å². The summed E-state index contributed by atoms with van der Waals surface area (Å²) in [6.45, 7) is 5.32. The molecule has 0 aliphatic carbocycles. The molecule has 5 heteroatoms. The van der Waals surface area contributed by atoms with E-state index >= 15 is 0 Å². The number of amidine groups is 1. The first-order chi connectivity index (χ1) is 11.1. The van der Waals surface area contributed by atoms with Gasteiger partial charge in [-0.05, 0) is 13.3 Å². The van der Waals surface area contributed by atoms with Crippen molar-refractivity contribution in [2.75, 3.05) is 13.1 Å². The Morgan fingerprint density at radius 2 is 1.78 bits per heavy atom. The first kappa shape index (κ1) is 19.9. The molecule has 0 bridgehead atoms. The average molecular weight is 326 g/mol. The molecule has 1 aliphatic rings. The monoisotopic (exact) mass is 326 g/mol. The Kier molecular flexibility index (Phi) is 9.92. The smallest absolute Gasteiger partial charge is 0.305 e. The van der Waals surface area contributed by atoms with Crippen LogP contribution in [0.4, 0.5) is 0 Å². The van der Waals surface area contributed by atoms with Crippen molar-refractivity contribution in [3.05, 3.63) is 0 Å². The van der Waals surface area contributed by atoms with Gasteiger partial charge in [0.2, 0.25) is 0 Å². The largest absolute Gasteiger partial charge is 0.481 e. The maximum Gasteiger partial charge on any atom is 0.305 e. The van der Waals surface area contributed by atoms with Gasteiger partial charge in [0.15, 0.2) is 0 Å². The standard InChI is InChI=1S/C18H34N2O3/c1-3-4-5-6-7-8-9-10-11-16(14-17(22)23)20-13-12-19-18(20)15(2)21/h15-16,21H,3-14H2,1-2H3,(H,22,23). The Balaban J connectivity index is 2.32. The quantitative estimate of drug-likeness (QED) is 0.508. The summed E-state index contributed by atoms with van der Waals surface area (Å²) in [5.74, 6) is -0.109. The molecule has 1 aliphatic heterocycles. The van der Waals surface area contributed by atoms with Crippen LogP contribution in [0.1, 0.15) is 78.1 Å². The molecule has 0 fully saturated rings. The molecule has 0 saturated carbocycles. The van der Waals surface area contributed by atoms with E-state index in [1.165, 1.54) is 38.5 Å². The number of carbonyl (C=O) groups is 1. The zero-order valence-electron chi connectivity index (χ0n) is 14.8.